The average molecular weight is 216 g/mol. The van der Waals surface area contributed by atoms with E-state index >= 15 is 0 Å². The molecule has 1 aliphatic heterocycles. The van der Waals surface area contributed by atoms with E-state index in [0.29, 0.717) is 12.6 Å². The molecule has 1 aliphatic rings. The molecule has 0 aromatic rings. The molecule has 0 aromatic heterocycles. The predicted octanol–water partition coefficient (Wildman–Crippen LogP) is 2.01. The third-order valence-corrected chi connectivity index (χ3v) is 3.29. The second-order valence-electron chi connectivity index (χ2n) is 5.19. The molecule has 1 fully saturated rings. The number of hydrogen-bond acceptors (Lipinski definition) is 2. The van der Waals surface area contributed by atoms with Crippen LogP contribution in [0.4, 0.5) is 4.39 Å². The molecule has 2 nitrogen and oxygen atoms in total. The molecule has 0 aliphatic carbocycles. The van der Waals surface area contributed by atoms with Crippen molar-refractivity contribution in [2.24, 2.45) is 5.92 Å². The summed E-state index contributed by atoms with van der Waals surface area (Å²) < 4.78 is 13.5. The first-order valence-corrected chi connectivity index (χ1v) is 6.11. The Morgan fingerprint density at radius 2 is 1.53 bits per heavy atom. The second-order valence-corrected chi connectivity index (χ2v) is 5.19. The number of rotatable bonds is 4. The molecule has 1 atom stereocenters. The Morgan fingerprint density at radius 3 is 1.93 bits per heavy atom. The van der Waals surface area contributed by atoms with Gasteiger partial charge in [0.2, 0.25) is 0 Å². The molecule has 1 unspecified atom stereocenters. The van der Waals surface area contributed by atoms with Gasteiger partial charge in [0, 0.05) is 38.8 Å². The lowest BCUT2D eigenvalue weighted by molar-refractivity contribution is 0.0789. The molecule has 0 N–H and O–H groups in total. The minimum absolute atomic E-state index is 0.146. The van der Waals surface area contributed by atoms with Crippen molar-refractivity contribution in [3.63, 3.8) is 0 Å². The molecule has 0 aromatic carbocycles. The molecule has 0 spiro atoms. The van der Waals surface area contributed by atoms with Crippen LogP contribution in [0.2, 0.25) is 0 Å². The zero-order valence-corrected chi connectivity index (χ0v) is 10.5. The summed E-state index contributed by atoms with van der Waals surface area (Å²) in [4.78, 5) is 4.71. The summed E-state index contributed by atoms with van der Waals surface area (Å²) in [6.07, 6.45) is -0.671. The average Bonchev–Trinajstić information content (AvgIpc) is 2.18. The Kier molecular flexibility index (Phi) is 5.00. The van der Waals surface area contributed by atoms with Crippen molar-refractivity contribution in [2.75, 3.05) is 32.7 Å². The first-order chi connectivity index (χ1) is 7.00. The zero-order valence-electron chi connectivity index (χ0n) is 10.5. The fourth-order valence-corrected chi connectivity index (χ4v) is 1.92. The van der Waals surface area contributed by atoms with Crippen molar-refractivity contribution in [3.05, 3.63) is 0 Å². The van der Waals surface area contributed by atoms with Gasteiger partial charge < -0.3 is 0 Å². The van der Waals surface area contributed by atoms with Gasteiger partial charge in [-0.2, -0.15) is 0 Å². The third-order valence-electron chi connectivity index (χ3n) is 3.29. The Bertz CT molecular complexity index is 174. The largest absolute Gasteiger partial charge is 0.298 e. The standard InChI is InChI=1S/C12H25FN2/c1-10(2)12(13)9-14-5-7-15(8-6-14)11(3)4/h10-12H,5-9H2,1-4H3. The maximum absolute atomic E-state index is 13.5. The smallest absolute Gasteiger partial charge is 0.115 e. The van der Waals surface area contributed by atoms with Gasteiger partial charge in [0.25, 0.3) is 0 Å². The summed E-state index contributed by atoms with van der Waals surface area (Å²) >= 11 is 0. The highest BCUT2D eigenvalue weighted by molar-refractivity contribution is 4.76. The van der Waals surface area contributed by atoms with E-state index in [0.717, 1.165) is 26.2 Å². The van der Waals surface area contributed by atoms with Crippen molar-refractivity contribution in [1.29, 1.82) is 0 Å². The van der Waals surface area contributed by atoms with Gasteiger partial charge in [0.05, 0.1) is 0 Å². The van der Waals surface area contributed by atoms with Crippen LogP contribution in [0, 0.1) is 5.92 Å². The highest BCUT2D eigenvalue weighted by Gasteiger charge is 2.22. The number of nitrogens with zero attached hydrogens (tertiary/aromatic N) is 2. The maximum atomic E-state index is 13.5. The second kappa shape index (κ2) is 5.80. The molecular weight excluding hydrogens is 191 g/mol. The minimum Gasteiger partial charge on any atom is -0.298 e. The lowest BCUT2D eigenvalue weighted by Crippen LogP contribution is -2.50. The van der Waals surface area contributed by atoms with E-state index in [2.05, 4.69) is 23.6 Å². The van der Waals surface area contributed by atoms with Crippen molar-refractivity contribution in [3.8, 4) is 0 Å². The SMILES string of the molecule is CC(C)C(F)CN1CCN(C(C)C)CC1. The van der Waals surface area contributed by atoms with Crippen LogP contribution in [0.15, 0.2) is 0 Å². The summed E-state index contributed by atoms with van der Waals surface area (Å²) in [5.74, 6) is 0.146. The molecule has 0 bridgehead atoms. The van der Waals surface area contributed by atoms with Crippen molar-refractivity contribution < 1.29 is 4.39 Å². The molecule has 90 valence electrons. The van der Waals surface area contributed by atoms with Crippen LogP contribution >= 0.6 is 0 Å². The zero-order chi connectivity index (χ0) is 11.4. The molecular formula is C12H25FN2. The topological polar surface area (TPSA) is 6.48 Å². The van der Waals surface area contributed by atoms with Crippen molar-refractivity contribution in [1.82, 2.24) is 9.80 Å². The summed E-state index contributed by atoms with van der Waals surface area (Å²) in [6, 6.07) is 0.624. The van der Waals surface area contributed by atoms with E-state index < -0.39 is 6.17 Å². The number of alkyl halides is 1. The van der Waals surface area contributed by atoms with Crippen LogP contribution in [-0.2, 0) is 0 Å². The van der Waals surface area contributed by atoms with E-state index in [4.69, 9.17) is 0 Å². The van der Waals surface area contributed by atoms with Crippen molar-refractivity contribution >= 4 is 0 Å². The summed E-state index contributed by atoms with van der Waals surface area (Å²) in [5, 5.41) is 0. The van der Waals surface area contributed by atoms with E-state index in [9.17, 15) is 4.39 Å². The van der Waals surface area contributed by atoms with Gasteiger partial charge in [-0.05, 0) is 19.8 Å². The van der Waals surface area contributed by atoms with Gasteiger partial charge in [-0.25, -0.2) is 4.39 Å². The lowest BCUT2D eigenvalue weighted by atomic mass is 10.1. The monoisotopic (exact) mass is 216 g/mol. The highest BCUT2D eigenvalue weighted by Crippen LogP contribution is 2.11. The molecule has 1 saturated heterocycles. The number of piperazine rings is 1. The normalized spacial score (nSPS) is 22.6. The van der Waals surface area contributed by atoms with Crippen LogP contribution in [0.25, 0.3) is 0 Å². The van der Waals surface area contributed by atoms with Crippen LogP contribution in [0.5, 0.6) is 0 Å². The molecule has 0 amide bonds. The Morgan fingerprint density at radius 1 is 1.00 bits per heavy atom. The highest BCUT2D eigenvalue weighted by atomic mass is 19.1. The van der Waals surface area contributed by atoms with Crippen molar-refractivity contribution in [2.45, 2.75) is 39.9 Å². The maximum Gasteiger partial charge on any atom is 0.115 e. The third kappa shape index (κ3) is 4.07. The van der Waals surface area contributed by atoms with Crippen LogP contribution in [-0.4, -0.2) is 54.7 Å². The quantitative estimate of drug-likeness (QED) is 0.709. The van der Waals surface area contributed by atoms with E-state index in [1.807, 2.05) is 13.8 Å². The fraction of sp³-hybridized carbons (Fsp3) is 1.00. The number of halogens is 1. The van der Waals surface area contributed by atoms with Crippen LogP contribution in [0.1, 0.15) is 27.7 Å². The first-order valence-electron chi connectivity index (χ1n) is 6.11. The molecule has 1 rings (SSSR count). The molecule has 15 heavy (non-hydrogen) atoms. The summed E-state index contributed by atoms with van der Waals surface area (Å²) in [5.41, 5.74) is 0. The molecule has 1 heterocycles. The summed E-state index contributed by atoms with van der Waals surface area (Å²) in [6.45, 7) is 13.2. The van der Waals surface area contributed by atoms with Gasteiger partial charge in [-0.3, -0.25) is 9.80 Å². The number of hydrogen-bond donors (Lipinski definition) is 0. The lowest BCUT2D eigenvalue weighted by Gasteiger charge is -2.37. The van der Waals surface area contributed by atoms with E-state index in [1.165, 1.54) is 0 Å². The first kappa shape index (κ1) is 12.9. The van der Waals surface area contributed by atoms with Gasteiger partial charge in [-0.1, -0.05) is 13.8 Å². The van der Waals surface area contributed by atoms with Gasteiger partial charge in [-0.15, -0.1) is 0 Å². The van der Waals surface area contributed by atoms with Crippen LogP contribution < -0.4 is 0 Å². The van der Waals surface area contributed by atoms with Gasteiger partial charge in [0.15, 0.2) is 0 Å². The van der Waals surface area contributed by atoms with Gasteiger partial charge >= 0.3 is 0 Å². The Hall–Kier alpha value is -0.150. The molecule has 0 saturated carbocycles. The van der Waals surface area contributed by atoms with Gasteiger partial charge in [0.1, 0.15) is 6.17 Å². The fourth-order valence-electron chi connectivity index (χ4n) is 1.92. The molecule has 3 heteroatoms. The minimum atomic E-state index is -0.671. The van der Waals surface area contributed by atoms with Crippen LogP contribution in [0.3, 0.4) is 0 Å². The van der Waals surface area contributed by atoms with E-state index in [-0.39, 0.29) is 5.92 Å². The predicted molar refractivity (Wildman–Crippen MR) is 62.9 cm³/mol. The Balaban J connectivity index is 2.25. The molecule has 0 radical (unpaired) electrons. The summed E-state index contributed by atoms with van der Waals surface area (Å²) in [7, 11) is 0. The van der Waals surface area contributed by atoms with E-state index in [1.54, 1.807) is 0 Å². The Labute approximate surface area is 93.4 Å².